The highest BCUT2D eigenvalue weighted by atomic mass is 17.1. The fourth-order valence-corrected chi connectivity index (χ4v) is 5.31. The van der Waals surface area contributed by atoms with Crippen LogP contribution in [-0.4, -0.2) is 36.5 Å². The monoisotopic (exact) mass is 637 g/mol. The lowest BCUT2D eigenvalue weighted by Crippen LogP contribution is -2.27. The van der Waals surface area contributed by atoms with Gasteiger partial charge >= 0.3 is 11.9 Å². The second-order valence-electron chi connectivity index (χ2n) is 12.8. The number of unbranched alkanes of at least 4 members (excludes halogenated alkanes) is 22. The standard InChI is InChI=1S/C39H72O6/c1-3-5-7-9-11-13-15-17-19-21-23-25-27-29-31-33-38(40)43-35-37(45-42)36-44-39(41)34-32-30-28-26-24-22-20-18-16-14-12-10-8-6-4-2/h17-20,37,42H,3-16,21-36H2,1-2H3/b19-17-,20-18-. The zero-order valence-corrected chi connectivity index (χ0v) is 29.6. The van der Waals surface area contributed by atoms with Crippen molar-refractivity contribution < 1.29 is 29.2 Å². The zero-order valence-electron chi connectivity index (χ0n) is 29.6. The highest BCUT2D eigenvalue weighted by Crippen LogP contribution is 2.12. The summed E-state index contributed by atoms with van der Waals surface area (Å²) in [6.45, 7) is 4.26. The summed E-state index contributed by atoms with van der Waals surface area (Å²) in [4.78, 5) is 28.4. The van der Waals surface area contributed by atoms with Crippen LogP contribution in [0.15, 0.2) is 24.3 Å². The van der Waals surface area contributed by atoms with Crippen molar-refractivity contribution in [3.63, 3.8) is 0 Å². The van der Waals surface area contributed by atoms with Gasteiger partial charge in [0.15, 0.2) is 6.10 Å². The summed E-state index contributed by atoms with van der Waals surface area (Å²) in [5.74, 6) is -0.622. The number of hydrogen-bond donors (Lipinski definition) is 1. The van der Waals surface area contributed by atoms with Crippen LogP contribution in [0.5, 0.6) is 0 Å². The van der Waals surface area contributed by atoms with E-state index < -0.39 is 6.10 Å². The van der Waals surface area contributed by atoms with Crippen LogP contribution in [0.4, 0.5) is 0 Å². The summed E-state index contributed by atoms with van der Waals surface area (Å²) in [5, 5.41) is 9.09. The molecule has 0 amide bonds. The second-order valence-corrected chi connectivity index (χ2v) is 12.8. The zero-order chi connectivity index (χ0) is 32.9. The average molecular weight is 637 g/mol. The summed E-state index contributed by atoms with van der Waals surface area (Å²) >= 11 is 0. The van der Waals surface area contributed by atoms with Gasteiger partial charge < -0.3 is 9.47 Å². The number of hydrogen-bond acceptors (Lipinski definition) is 6. The van der Waals surface area contributed by atoms with Gasteiger partial charge in [0.25, 0.3) is 0 Å². The molecule has 264 valence electrons. The van der Waals surface area contributed by atoms with E-state index in [-0.39, 0.29) is 25.2 Å². The molecule has 0 aliphatic rings. The van der Waals surface area contributed by atoms with Crippen molar-refractivity contribution in [1.29, 1.82) is 0 Å². The maximum Gasteiger partial charge on any atom is 0.305 e. The van der Waals surface area contributed by atoms with E-state index in [1.165, 1.54) is 116 Å². The third-order valence-electron chi connectivity index (χ3n) is 8.29. The molecule has 0 saturated carbocycles. The van der Waals surface area contributed by atoms with E-state index >= 15 is 0 Å². The normalized spacial score (nSPS) is 11.7. The molecule has 0 saturated heterocycles. The van der Waals surface area contributed by atoms with Crippen molar-refractivity contribution in [2.45, 2.75) is 200 Å². The van der Waals surface area contributed by atoms with Gasteiger partial charge in [-0.25, -0.2) is 4.89 Å². The Labute approximate surface area is 278 Å². The molecule has 0 heterocycles. The predicted octanol–water partition coefficient (Wildman–Crippen LogP) is 12.0. The molecule has 0 fully saturated rings. The van der Waals surface area contributed by atoms with Crippen molar-refractivity contribution in [3.05, 3.63) is 24.3 Å². The molecule has 0 aromatic rings. The minimum atomic E-state index is -0.860. The lowest BCUT2D eigenvalue weighted by atomic mass is 10.1. The molecule has 0 aliphatic heterocycles. The molecule has 0 aromatic heterocycles. The van der Waals surface area contributed by atoms with E-state index in [1.807, 2.05) is 0 Å². The molecule has 0 bridgehead atoms. The van der Waals surface area contributed by atoms with Crippen LogP contribution in [0.1, 0.15) is 194 Å². The molecule has 6 nitrogen and oxygen atoms in total. The van der Waals surface area contributed by atoms with E-state index in [0.29, 0.717) is 12.8 Å². The van der Waals surface area contributed by atoms with Crippen molar-refractivity contribution in [3.8, 4) is 0 Å². The van der Waals surface area contributed by atoms with Crippen molar-refractivity contribution >= 4 is 11.9 Å². The summed E-state index contributed by atoms with van der Waals surface area (Å²) in [6.07, 6.45) is 40.6. The maximum atomic E-state index is 12.0. The molecule has 0 aromatic carbocycles. The Morgan fingerprint density at radius 2 is 0.756 bits per heavy atom. The van der Waals surface area contributed by atoms with Crippen LogP contribution in [0.2, 0.25) is 0 Å². The quantitative estimate of drug-likeness (QED) is 0.0245. The number of carbonyl (C=O) groups excluding carboxylic acids is 2. The molecule has 45 heavy (non-hydrogen) atoms. The van der Waals surface area contributed by atoms with E-state index in [4.69, 9.17) is 14.7 Å². The number of esters is 2. The molecule has 0 rings (SSSR count). The lowest BCUT2D eigenvalue weighted by Gasteiger charge is -2.14. The summed E-state index contributed by atoms with van der Waals surface area (Å²) in [7, 11) is 0. The summed E-state index contributed by atoms with van der Waals surface area (Å²) < 4.78 is 10.4. The van der Waals surface area contributed by atoms with Gasteiger partial charge in [-0.05, 0) is 64.2 Å². The van der Waals surface area contributed by atoms with Crippen LogP contribution in [0, 0.1) is 0 Å². The van der Waals surface area contributed by atoms with Gasteiger partial charge in [0.1, 0.15) is 13.2 Å². The minimum absolute atomic E-state index is 0.124. The molecule has 6 heteroatoms. The molecule has 0 unspecified atom stereocenters. The Hall–Kier alpha value is -1.66. The number of ether oxygens (including phenoxy) is 2. The van der Waals surface area contributed by atoms with Gasteiger partial charge in [0.05, 0.1) is 0 Å². The first kappa shape index (κ1) is 43.3. The fraction of sp³-hybridized carbons (Fsp3) is 0.846. The van der Waals surface area contributed by atoms with Gasteiger partial charge in [0, 0.05) is 12.8 Å². The second kappa shape index (κ2) is 36.8. The van der Waals surface area contributed by atoms with Gasteiger partial charge in [-0.2, -0.15) is 0 Å². The molecular weight excluding hydrogens is 564 g/mol. The maximum absolute atomic E-state index is 12.0. The third kappa shape index (κ3) is 35.0. The molecule has 0 atom stereocenters. The van der Waals surface area contributed by atoms with E-state index in [9.17, 15) is 9.59 Å². The molecule has 0 spiro atoms. The van der Waals surface area contributed by atoms with Gasteiger partial charge in [0.2, 0.25) is 0 Å². The molecular formula is C39H72O6. The average Bonchev–Trinajstić information content (AvgIpc) is 3.04. The van der Waals surface area contributed by atoms with Crippen LogP contribution in [0.25, 0.3) is 0 Å². The number of rotatable bonds is 35. The highest BCUT2D eigenvalue weighted by Gasteiger charge is 2.15. The van der Waals surface area contributed by atoms with Crippen LogP contribution < -0.4 is 0 Å². The number of carbonyl (C=O) groups is 2. The van der Waals surface area contributed by atoms with Crippen LogP contribution >= 0.6 is 0 Å². The first-order chi connectivity index (χ1) is 22.1. The van der Waals surface area contributed by atoms with Crippen LogP contribution in [0.3, 0.4) is 0 Å². The highest BCUT2D eigenvalue weighted by molar-refractivity contribution is 5.69. The SMILES string of the molecule is CCCCCCCC/C=C\CCCCCCCC(=O)OCC(COC(=O)CCCCCCC/C=C\CCCCCCCC)OO. The Morgan fingerprint density at radius 3 is 1.07 bits per heavy atom. The van der Waals surface area contributed by atoms with Crippen molar-refractivity contribution in [2.75, 3.05) is 13.2 Å². The van der Waals surface area contributed by atoms with Crippen molar-refractivity contribution in [2.24, 2.45) is 0 Å². The Kier molecular flexibility index (Phi) is 35.4. The minimum Gasteiger partial charge on any atom is -0.463 e. The molecule has 1 N–H and O–H groups in total. The predicted molar refractivity (Wildman–Crippen MR) is 188 cm³/mol. The van der Waals surface area contributed by atoms with Gasteiger partial charge in [-0.3, -0.25) is 14.8 Å². The van der Waals surface area contributed by atoms with Crippen molar-refractivity contribution in [1.82, 2.24) is 0 Å². The lowest BCUT2D eigenvalue weighted by molar-refractivity contribution is -0.292. The largest absolute Gasteiger partial charge is 0.463 e. The van der Waals surface area contributed by atoms with Gasteiger partial charge in [-0.1, -0.05) is 141 Å². The number of allylic oxidation sites excluding steroid dienone is 4. The van der Waals surface area contributed by atoms with E-state index in [2.05, 4.69) is 43.0 Å². The summed E-state index contributed by atoms with van der Waals surface area (Å²) in [6, 6.07) is 0. The Bertz CT molecular complexity index is 633. The first-order valence-electron chi connectivity index (χ1n) is 19.0. The Balaban J connectivity index is 3.56. The fourth-order valence-electron chi connectivity index (χ4n) is 5.31. The molecule has 0 radical (unpaired) electrons. The molecule has 0 aliphatic carbocycles. The third-order valence-corrected chi connectivity index (χ3v) is 8.29. The Morgan fingerprint density at radius 1 is 0.467 bits per heavy atom. The van der Waals surface area contributed by atoms with Crippen LogP contribution in [-0.2, 0) is 24.0 Å². The van der Waals surface area contributed by atoms with Gasteiger partial charge in [-0.15, -0.1) is 0 Å². The first-order valence-corrected chi connectivity index (χ1v) is 19.0. The topological polar surface area (TPSA) is 82.1 Å². The van der Waals surface area contributed by atoms with E-state index in [1.54, 1.807) is 0 Å². The summed E-state index contributed by atoms with van der Waals surface area (Å²) in [5.41, 5.74) is 0. The smallest absolute Gasteiger partial charge is 0.305 e. The van der Waals surface area contributed by atoms with E-state index in [0.717, 1.165) is 51.4 Å².